The first-order valence-corrected chi connectivity index (χ1v) is 4.02. The van der Waals surface area contributed by atoms with Gasteiger partial charge in [-0.15, -0.1) is 0 Å². The van der Waals surface area contributed by atoms with Gasteiger partial charge >= 0.3 is 0 Å². The average molecular weight is 144 g/mol. The Morgan fingerprint density at radius 1 is 1.40 bits per heavy atom. The maximum atomic E-state index is 8.95. The van der Waals surface area contributed by atoms with Gasteiger partial charge in [-0.05, 0) is 19.8 Å². The largest absolute Gasteiger partial charge is 0.393 e. The van der Waals surface area contributed by atoms with Crippen LogP contribution in [-0.2, 0) is 4.74 Å². The van der Waals surface area contributed by atoms with Crippen LogP contribution < -0.4 is 0 Å². The van der Waals surface area contributed by atoms with Crippen molar-refractivity contribution < 1.29 is 9.84 Å². The highest BCUT2D eigenvalue weighted by molar-refractivity contribution is 4.75. The molecule has 0 amide bonds. The lowest BCUT2D eigenvalue weighted by Gasteiger charge is -2.25. The van der Waals surface area contributed by atoms with Crippen LogP contribution in [-0.4, -0.2) is 23.9 Å². The Balaban J connectivity index is 2.41. The zero-order valence-corrected chi connectivity index (χ0v) is 6.60. The van der Waals surface area contributed by atoms with Gasteiger partial charge in [-0.3, -0.25) is 0 Å². The van der Waals surface area contributed by atoms with Crippen molar-refractivity contribution in [2.45, 2.75) is 38.2 Å². The van der Waals surface area contributed by atoms with Crippen molar-refractivity contribution in [3.63, 3.8) is 0 Å². The maximum Gasteiger partial charge on any atom is 0.0884 e. The Hall–Kier alpha value is -0.0800. The van der Waals surface area contributed by atoms with Gasteiger partial charge in [-0.1, -0.05) is 12.8 Å². The summed E-state index contributed by atoms with van der Waals surface area (Å²) in [4.78, 5) is 0. The molecule has 0 unspecified atom stereocenters. The third kappa shape index (κ3) is 1.96. The molecule has 0 aromatic heterocycles. The molecule has 10 heavy (non-hydrogen) atoms. The van der Waals surface area contributed by atoms with Gasteiger partial charge in [0.05, 0.1) is 12.2 Å². The molecule has 1 atom stereocenters. The monoisotopic (exact) mass is 144 g/mol. The number of ether oxygens (including phenoxy) is 1. The normalized spacial score (nSPS) is 35.4. The van der Waals surface area contributed by atoms with Crippen LogP contribution in [0.25, 0.3) is 0 Å². The fraction of sp³-hybridized carbons (Fsp3) is 1.00. The zero-order valence-electron chi connectivity index (χ0n) is 6.60. The van der Waals surface area contributed by atoms with E-state index in [0.717, 1.165) is 19.4 Å². The molecule has 0 aromatic rings. The van der Waals surface area contributed by atoms with E-state index in [-0.39, 0.29) is 12.2 Å². The highest BCUT2D eigenvalue weighted by Gasteiger charge is 2.24. The topological polar surface area (TPSA) is 29.5 Å². The molecule has 1 aliphatic heterocycles. The number of aliphatic hydroxyl groups is 1. The van der Waals surface area contributed by atoms with Gasteiger partial charge < -0.3 is 9.84 Å². The minimum absolute atomic E-state index is 0.160. The SMILES string of the molecule is C[C@@]1(CO)CCCCCO1. The van der Waals surface area contributed by atoms with Crippen LogP contribution in [0, 0.1) is 0 Å². The van der Waals surface area contributed by atoms with E-state index in [9.17, 15) is 0 Å². The summed E-state index contributed by atoms with van der Waals surface area (Å²) in [6.07, 6.45) is 4.59. The molecular weight excluding hydrogens is 128 g/mol. The van der Waals surface area contributed by atoms with Crippen molar-refractivity contribution in [1.29, 1.82) is 0 Å². The summed E-state index contributed by atoms with van der Waals surface area (Å²) in [6, 6.07) is 0. The minimum Gasteiger partial charge on any atom is -0.393 e. The molecule has 1 N–H and O–H groups in total. The highest BCUT2D eigenvalue weighted by Crippen LogP contribution is 2.22. The maximum absolute atomic E-state index is 8.95. The first-order valence-electron chi connectivity index (χ1n) is 4.02. The molecule has 0 radical (unpaired) electrons. The third-order valence-electron chi connectivity index (χ3n) is 2.13. The zero-order chi connectivity index (χ0) is 7.45. The van der Waals surface area contributed by atoms with Crippen LogP contribution >= 0.6 is 0 Å². The molecule has 1 fully saturated rings. The summed E-state index contributed by atoms with van der Waals surface area (Å²) in [6.45, 7) is 2.96. The summed E-state index contributed by atoms with van der Waals surface area (Å²) in [7, 11) is 0. The summed E-state index contributed by atoms with van der Waals surface area (Å²) in [5, 5.41) is 8.95. The van der Waals surface area contributed by atoms with Crippen LogP contribution in [0.3, 0.4) is 0 Å². The Morgan fingerprint density at radius 2 is 2.20 bits per heavy atom. The van der Waals surface area contributed by atoms with Gasteiger partial charge in [0.1, 0.15) is 0 Å². The fourth-order valence-electron chi connectivity index (χ4n) is 1.29. The Kier molecular flexibility index (Phi) is 2.69. The average Bonchev–Trinajstić information content (AvgIpc) is 2.15. The van der Waals surface area contributed by atoms with Gasteiger partial charge in [0.2, 0.25) is 0 Å². The number of rotatable bonds is 1. The predicted octanol–water partition coefficient (Wildman–Crippen LogP) is 1.33. The first-order chi connectivity index (χ1) is 4.77. The van der Waals surface area contributed by atoms with E-state index in [2.05, 4.69) is 0 Å². The van der Waals surface area contributed by atoms with E-state index >= 15 is 0 Å². The lowest BCUT2D eigenvalue weighted by Crippen LogP contribution is -2.32. The number of hydrogen-bond donors (Lipinski definition) is 1. The molecule has 1 aliphatic rings. The predicted molar refractivity (Wildman–Crippen MR) is 39.9 cm³/mol. The van der Waals surface area contributed by atoms with Gasteiger partial charge in [0.15, 0.2) is 0 Å². The van der Waals surface area contributed by atoms with Crippen LogP contribution in [0.1, 0.15) is 32.6 Å². The van der Waals surface area contributed by atoms with E-state index < -0.39 is 0 Å². The van der Waals surface area contributed by atoms with Crippen molar-refractivity contribution in [1.82, 2.24) is 0 Å². The van der Waals surface area contributed by atoms with Crippen molar-refractivity contribution in [2.75, 3.05) is 13.2 Å². The molecular formula is C8H16O2. The van der Waals surface area contributed by atoms with Crippen LogP contribution in [0.5, 0.6) is 0 Å². The van der Waals surface area contributed by atoms with Crippen molar-refractivity contribution in [3.8, 4) is 0 Å². The van der Waals surface area contributed by atoms with Crippen LogP contribution in [0.15, 0.2) is 0 Å². The van der Waals surface area contributed by atoms with E-state index in [1.807, 2.05) is 6.92 Å². The van der Waals surface area contributed by atoms with Crippen molar-refractivity contribution >= 4 is 0 Å². The lowest BCUT2D eigenvalue weighted by atomic mass is 10.0. The molecule has 0 spiro atoms. The summed E-state index contributed by atoms with van der Waals surface area (Å²) >= 11 is 0. The molecule has 1 heterocycles. The van der Waals surface area contributed by atoms with Gasteiger partial charge in [0.25, 0.3) is 0 Å². The van der Waals surface area contributed by atoms with Crippen LogP contribution in [0.2, 0.25) is 0 Å². The van der Waals surface area contributed by atoms with Gasteiger partial charge in [-0.25, -0.2) is 0 Å². The van der Waals surface area contributed by atoms with Crippen molar-refractivity contribution in [2.24, 2.45) is 0 Å². The van der Waals surface area contributed by atoms with Gasteiger partial charge in [-0.2, -0.15) is 0 Å². The molecule has 60 valence electrons. The summed E-state index contributed by atoms with van der Waals surface area (Å²) < 4.78 is 5.49. The second-order valence-electron chi connectivity index (χ2n) is 3.27. The molecule has 1 rings (SSSR count). The summed E-state index contributed by atoms with van der Waals surface area (Å²) in [5.74, 6) is 0. The Morgan fingerprint density at radius 3 is 2.90 bits per heavy atom. The molecule has 0 aromatic carbocycles. The fourth-order valence-corrected chi connectivity index (χ4v) is 1.29. The third-order valence-corrected chi connectivity index (χ3v) is 2.13. The Bertz CT molecular complexity index is 93.4. The number of hydrogen-bond acceptors (Lipinski definition) is 2. The molecule has 2 heteroatoms. The lowest BCUT2D eigenvalue weighted by molar-refractivity contribution is -0.0637. The highest BCUT2D eigenvalue weighted by atomic mass is 16.5. The number of aliphatic hydroxyl groups excluding tert-OH is 1. The van der Waals surface area contributed by atoms with E-state index in [0.29, 0.717) is 0 Å². The Labute approximate surface area is 62.2 Å². The molecule has 2 nitrogen and oxygen atoms in total. The van der Waals surface area contributed by atoms with E-state index in [1.165, 1.54) is 12.8 Å². The molecule has 1 saturated heterocycles. The molecule has 0 aliphatic carbocycles. The van der Waals surface area contributed by atoms with Crippen LogP contribution in [0.4, 0.5) is 0 Å². The minimum atomic E-state index is -0.240. The van der Waals surface area contributed by atoms with Gasteiger partial charge in [0, 0.05) is 6.61 Å². The second-order valence-corrected chi connectivity index (χ2v) is 3.27. The first kappa shape index (κ1) is 8.02. The van der Waals surface area contributed by atoms with E-state index in [1.54, 1.807) is 0 Å². The smallest absolute Gasteiger partial charge is 0.0884 e. The summed E-state index contributed by atoms with van der Waals surface area (Å²) in [5.41, 5.74) is -0.240. The van der Waals surface area contributed by atoms with E-state index in [4.69, 9.17) is 9.84 Å². The van der Waals surface area contributed by atoms with Crippen molar-refractivity contribution in [3.05, 3.63) is 0 Å². The standard InChI is InChI=1S/C8H16O2/c1-8(7-9)5-3-2-4-6-10-8/h9H,2-7H2,1H3/t8-/m0/s1. The molecule has 0 bridgehead atoms. The quantitative estimate of drug-likeness (QED) is 0.601. The molecule has 0 saturated carbocycles. The second kappa shape index (κ2) is 3.35.